The zero-order chi connectivity index (χ0) is 15.1. The maximum atomic E-state index is 9.12. The van der Waals surface area contributed by atoms with Crippen LogP contribution in [0.25, 0.3) is 0 Å². The van der Waals surface area contributed by atoms with Gasteiger partial charge in [0.05, 0.1) is 0 Å². The standard InChI is InChI=1S/C15H13BrN4/c1-3-10-5-13(16)6-11(4-2)15(10)20-14(9-19)12(7-17)8-18/h5-6,20H,3-4H2,1-2H3. The number of halogens is 1. The molecule has 0 aliphatic carbocycles. The largest absolute Gasteiger partial charge is 0.345 e. The molecule has 0 aromatic heterocycles. The Hall–Kier alpha value is -2.29. The van der Waals surface area contributed by atoms with E-state index in [1.165, 1.54) is 0 Å². The third kappa shape index (κ3) is 3.38. The number of anilines is 1. The second-order valence-electron chi connectivity index (χ2n) is 4.02. The van der Waals surface area contributed by atoms with Crippen molar-refractivity contribution in [3.8, 4) is 18.2 Å². The van der Waals surface area contributed by atoms with Crippen LogP contribution < -0.4 is 5.32 Å². The van der Waals surface area contributed by atoms with E-state index in [4.69, 9.17) is 15.8 Å². The van der Waals surface area contributed by atoms with Gasteiger partial charge in [-0.1, -0.05) is 29.8 Å². The molecule has 1 rings (SSSR count). The second-order valence-corrected chi connectivity index (χ2v) is 4.93. The summed E-state index contributed by atoms with van der Waals surface area (Å²) < 4.78 is 0.972. The molecule has 0 radical (unpaired) electrons. The summed E-state index contributed by atoms with van der Waals surface area (Å²) in [7, 11) is 0. The fourth-order valence-corrected chi connectivity index (χ4v) is 2.40. The summed E-state index contributed by atoms with van der Waals surface area (Å²) in [6.45, 7) is 4.02. The summed E-state index contributed by atoms with van der Waals surface area (Å²) in [5.74, 6) is 0. The molecule has 100 valence electrons. The van der Waals surface area contributed by atoms with E-state index in [0.717, 1.165) is 34.1 Å². The van der Waals surface area contributed by atoms with Gasteiger partial charge in [-0.3, -0.25) is 0 Å². The van der Waals surface area contributed by atoms with Crippen LogP contribution >= 0.6 is 15.9 Å². The molecular weight excluding hydrogens is 316 g/mol. The first-order valence-corrected chi connectivity index (χ1v) is 6.93. The van der Waals surface area contributed by atoms with Crippen LogP contribution in [0.2, 0.25) is 0 Å². The molecule has 1 aromatic carbocycles. The lowest BCUT2D eigenvalue weighted by Crippen LogP contribution is -2.06. The van der Waals surface area contributed by atoms with E-state index in [2.05, 4.69) is 21.2 Å². The Labute approximate surface area is 127 Å². The van der Waals surface area contributed by atoms with E-state index in [1.54, 1.807) is 12.1 Å². The van der Waals surface area contributed by atoms with Crippen LogP contribution in [0.3, 0.4) is 0 Å². The quantitative estimate of drug-likeness (QED) is 0.851. The summed E-state index contributed by atoms with van der Waals surface area (Å²) in [5.41, 5.74) is 2.64. The molecule has 0 unspecified atom stereocenters. The van der Waals surface area contributed by atoms with Crippen LogP contribution in [0.15, 0.2) is 27.9 Å². The van der Waals surface area contributed by atoms with Gasteiger partial charge in [0.15, 0.2) is 5.57 Å². The van der Waals surface area contributed by atoms with Crippen LogP contribution in [0.5, 0.6) is 0 Å². The molecule has 0 fully saturated rings. The molecule has 1 N–H and O–H groups in total. The fraction of sp³-hybridized carbons (Fsp3) is 0.267. The molecule has 4 nitrogen and oxygen atoms in total. The first kappa shape index (κ1) is 15.8. The van der Waals surface area contributed by atoms with Crippen molar-refractivity contribution in [1.82, 2.24) is 0 Å². The minimum Gasteiger partial charge on any atom is -0.345 e. The Morgan fingerprint density at radius 3 is 1.90 bits per heavy atom. The topological polar surface area (TPSA) is 83.4 Å². The van der Waals surface area contributed by atoms with Gasteiger partial charge in [0.1, 0.15) is 23.9 Å². The smallest absolute Gasteiger partial charge is 0.163 e. The van der Waals surface area contributed by atoms with Crippen molar-refractivity contribution in [3.63, 3.8) is 0 Å². The Kier molecular flexibility index (Phi) is 5.78. The highest BCUT2D eigenvalue weighted by Crippen LogP contribution is 2.28. The van der Waals surface area contributed by atoms with E-state index in [1.807, 2.05) is 32.0 Å². The Bertz CT molecular complexity index is 628. The number of hydrogen-bond donors (Lipinski definition) is 1. The summed E-state index contributed by atoms with van der Waals surface area (Å²) >= 11 is 3.46. The lowest BCUT2D eigenvalue weighted by molar-refractivity contribution is 1.08. The monoisotopic (exact) mass is 328 g/mol. The van der Waals surface area contributed by atoms with Gasteiger partial charge >= 0.3 is 0 Å². The average molecular weight is 329 g/mol. The zero-order valence-electron chi connectivity index (χ0n) is 11.3. The molecule has 0 bridgehead atoms. The van der Waals surface area contributed by atoms with Crippen LogP contribution in [0.1, 0.15) is 25.0 Å². The molecule has 0 spiro atoms. The predicted molar refractivity (Wildman–Crippen MR) is 80.4 cm³/mol. The summed E-state index contributed by atoms with van der Waals surface area (Å²) in [5, 5.41) is 29.8. The number of allylic oxidation sites excluding steroid dienone is 2. The fourth-order valence-electron chi connectivity index (χ4n) is 1.85. The number of nitrogens with zero attached hydrogens (tertiary/aromatic N) is 3. The summed E-state index contributed by atoms with van der Waals surface area (Å²) in [6, 6.07) is 9.28. The van der Waals surface area contributed by atoms with Crippen molar-refractivity contribution in [2.45, 2.75) is 26.7 Å². The molecule has 0 heterocycles. The maximum absolute atomic E-state index is 9.12. The molecule has 0 atom stereocenters. The van der Waals surface area contributed by atoms with E-state index in [-0.39, 0.29) is 11.3 Å². The van der Waals surface area contributed by atoms with E-state index >= 15 is 0 Å². The number of hydrogen-bond acceptors (Lipinski definition) is 4. The van der Waals surface area contributed by atoms with Crippen molar-refractivity contribution < 1.29 is 0 Å². The number of rotatable bonds is 4. The number of nitriles is 3. The van der Waals surface area contributed by atoms with Gasteiger partial charge < -0.3 is 5.32 Å². The number of nitrogens with one attached hydrogen (secondary N) is 1. The van der Waals surface area contributed by atoms with Gasteiger partial charge in [0.25, 0.3) is 0 Å². The van der Waals surface area contributed by atoms with Gasteiger partial charge in [-0.2, -0.15) is 15.8 Å². The van der Waals surface area contributed by atoms with Gasteiger partial charge in [-0.15, -0.1) is 0 Å². The first-order chi connectivity index (χ1) is 9.60. The Balaban J connectivity index is 3.42. The van der Waals surface area contributed by atoms with E-state index < -0.39 is 0 Å². The van der Waals surface area contributed by atoms with Crippen LogP contribution in [0, 0.1) is 34.0 Å². The minimum absolute atomic E-state index is 0.0123. The normalized spacial score (nSPS) is 9.00. The molecule has 5 heteroatoms. The van der Waals surface area contributed by atoms with Gasteiger partial charge in [0, 0.05) is 10.2 Å². The zero-order valence-corrected chi connectivity index (χ0v) is 12.9. The maximum Gasteiger partial charge on any atom is 0.163 e. The Morgan fingerprint density at radius 2 is 1.55 bits per heavy atom. The third-order valence-corrected chi connectivity index (χ3v) is 3.32. The van der Waals surface area contributed by atoms with E-state index in [0.29, 0.717) is 0 Å². The molecule has 0 saturated heterocycles. The van der Waals surface area contributed by atoms with Crippen molar-refractivity contribution in [2.24, 2.45) is 0 Å². The summed E-state index contributed by atoms with van der Waals surface area (Å²) in [4.78, 5) is 0. The molecule has 0 aliphatic heterocycles. The van der Waals surface area contributed by atoms with Crippen molar-refractivity contribution in [1.29, 1.82) is 15.8 Å². The molecule has 1 aromatic rings. The lowest BCUT2D eigenvalue weighted by Gasteiger charge is -2.15. The number of aryl methyl sites for hydroxylation is 2. The van der Waals surface area contributed by atoms with Gasteiger partial charge in [0.2, 0.25) is 0 Å². The second kappa shape index (κ2) is 7.34. The van der Waals surface area contributed by atoms with Crippen molar-refractivity contribution in [3.05, 3.63) is 39.0 Å². The van der Waals surface area contributed by atoms with Crippen molar-refractivity contribution >= 4 is 21.6 Å². The van der Waals surface area contributed by atoms with Crippen LogP contribution in [0.4, 0.5) is 5.69 Å². The molecule has 20 heavy (non-hydrogen) atoms. The predicted octanol–water partition coefficient (Wildman–Crippen LogP) is 3.81. The third-order valence-electron chi connectivity index (χ3n) is 2.86. The highest BCUT2D eigenvalue weighted by Gasteiger charge is 2.12. The van der Waals surface area contributed by atoms with Crippen LogP contribution in [-0.4, -0.2) is 0 Å². The molecule has 0 amide bonds. The SMILES string of the molecule is CCc1cc(Br)cc(CC)c1NC(C#N)=C(C#N)C#N. The van der Waals surface area contributed by atoms with E-state index in [9.17, 15) is 0 Å². The minimum atomic E-state index is -0.209. The molecule has 0 aliphatic rings. The number of benzene rings is 1. The van der Waals surface area contributed by atoms with Crippen molar-refractivity contribution in [2.75, 3.05) is 5.32 Å². The highest BCUT2D eigenvalue weighted by atomic mass is 79.9. The highest BCUT2D eigenvalue weighted by molar-refractivity contribution is 9.10. The average Bonchev–Trinajstić information content (AvgIpc) is 2.47. The first-order valence-electron chi connectivity index (χ1n) is 6.14. The molecule has 0 saturated carbocycles. The van der Waals surface area contributed by atoms with Gasteiger partial charge in [-0.25, -0.2) is 0 Å². The lowest BCUT2D eigenvalue weighted by atomic mass is 10.0. The van der Waals surface area contributed by atoms with Crippen LogP contribution in [-0.2, 0) is 12.8 Å². The Morgan fingerprint density at radius 1 is 1.05 bits per heavy atom. The summed E-state index contributed by atoms with van der Waals surface area (Å²) in [6.07, 6.45) is 1.56. The molecular formula is C15H13BrN4. The van der Waals surface area contributed by atoms with Gasteiger partial charge in [-0.05, 0) is 36.1 Å².